The van der Waals surface area contributed by atoms with Crippen LogP contribution in [0.5, 0.6) is 0 Å². The predicted molar refractivity (Wildman–Crippen MR) is 87.5 cm³/mol. The van der Waals surface area contributed by atoms with Crippen molar-refractivity contribution in [2.45, 2.75) is 30.9 Å². The van der Waals surface area contributed by atoms with Crippen LogP contribution in [0.25, 0.3) is 0 Å². The molecule has 0 saturated heterocycles. The number of aryl methyl sites for hydroxylation is 1. The fourth-order valence-corrected chi connectivity index (χ4v) is 2.95. The molecule has 1 aromatic heterocycles. The second kappa shape index (κ2) is 6.66. The van der Waals surface area contributed by atoms with Gasteiger partial charge in [0.1, 0.15) is 5.02 Å². The summed E-state index contributed by atoms with van der Waals surface area (Å²) >= 11 is 13.7. The molecular formula is C14H15Cl2N3S. The summed E-state index contributed by atoms with van der Waals surface area (Å²) < 4.78 is 0. The molecule has 0 aliphatic carbocycles. The smallest absolute Gasteiger partial charge is 0.224 e. The molecule has 0 atom stereocenters. The number of anilines is 2. The van der Waals surface area contributed by atoms with Gasteiger partial charge in [0.15, 0.2) is 5.82 Å². The Morgan fingerprint density at radius 1 is 1.25 bits per heavy atom. The van der Waals surface area contributed by atoms with Gasteiger partial charge in [-0.15, -0.1) is 11.8 Å². The summed E-state index contributed by atoms with van der Waals surface area (Å²) in [5.41, 5.74) is 2.19. The molecule has 0 aliphatic rings. The third kappa shape index (κ3) is 3.78. The molecule has 20 heavy (non-hydrogen) atoms. The zero-order valence-corrected chi connectivity index (χ0v) is 13.8. The fraction of sp³-hybridized carbons (Fsp3) is 0.286. The van der Waals surface area contributed by atoms with E-state index in [1.807, 2.05) is 12.1 Å². The summed E-state index contributed by atoms with van der Waals surface area (Å²) in [5.74, 6) is 0.517. The Morgan fingerprint density at radius 2 is 2.00 bits per heavy atom. The topological polar surface area (TPSA) is 37.8 Å². The van der Waals surface area contributed by atoms with E-state index in [2.05, 4.69) is 42.1 Å². The Balaban J connectivity index is 2.38. The van der Waals surface area contributed by atoms with E-state index in [4.69, 9.17) is 23.2 Å². The molecule has 6 heteroatoms. The minimum Gasteiger partial charge on any atom is -0.338 e. The van der Waals surface area contributed by atoms with E-state index in [1.165, 1.54) is 16.7 Å². The van der Waals surface area contributed by atoms with Crippen LogP contribution in [0.4, 0.5) is 11.5 Å². The van der Waals surface area contributed by atoms with E-state index in [-0.39, 0.29) is 5.28 Å². The van der Waals surface area contributed by atoms with Crippen LogP contribution in [0.15, 0.2) is 29.3 Å². The molecular weight excluding hydrogens is 313 g/mol. The number of rotatable bonds is 4. The largest absolute Gasteiger partial charge is 0.338 e. The van der Waals surface area contributed by atoms with Gasteiger partial charge in [-0.3, -0.25) is 0 Å². The highest BCUT2D eigenvalue weighted by Crippen LogP contribution is 2.35. The first kappa shape index (κ1) is 15.4. The first-order valence-electron chi connectivity index (χ1n) is 6.18. The summed E-state index contributed by atoms with van der Waals surface area (Å²) in [7, 11) is 0. The van der Waals surface area contributed by atoms with Crippen molar-refractivity contribution in [1.29, 1.82) is 0 Å². The van der Waals surface area contributed by atoms with E-state index in [1.54, 1.807) is 11.8 Å². The van der Waals surface area contributed by atoms with Crippen LogP contribution < -0.4 is 5.32 Å². The zero-order valence-electron chi connectivity index (χ0n) is 11.4. The first-order chi connectivity index (χ1) is 9.47. The molecule has 0 fully saturated rings. The van der Waals surface area contributed by atoms with Crippen LogP contribution >= 0.6 is 35.0 Å². The molecule has 0 saturated carbocycles. The highest BCUT2D eigenvalue weighted by atomic mass is 35.5. The molecule has 1 N–H and O–H groups in total. The Kier molecular flexibility index (Phi) is 5.13. The molecule has 0 amide bonds. The predicted octanol–water partition coefficient (Wildman–Crippen LogP) is 5.34. The average molecular weight is 328 g/mol. The van der Waals surface area contributed by atoms with Gasteiger partial charge in [-0.2, -0.15) is 4.98 Å². The third-order valence-electron chi connectivity index (χ3n) is 2.53. The normalized spacial score (nSPS) is 10.9. The summed E-state index contributed by atoms with van der Waals surface area (Å²) in [4.78, 5) is 9.15. The SMILES string of the molecule is Cc1cccc(Nc2nc(Cl)ncc2Cl)c1SC(C)C. The van der Waals surface area contributed by atoms with Crippen LogP contribution in [-0.4, -0.2) is 15.2 Å². The van der Waals surface area contributed by atoms with Crippen LogP contribution in [-0.2, 0) is 0 Å². The van der Waals surface area contributed by atoms with Crippen LogP contribution in [0, 0.1) is 6.92 Å². The highest BCUT2D eigenvalue weighted by Gasteiger charge is 2.11. The molecule has 3 nitrogen and oxygen atoms in total. The lowest BCUT2D eigenvalue weighted by Crippen LogP contribution is -2.00. The van der Waals surface area contributed by atoms with Gasteiger partial charge in [0.25, 0.3) is 0 Å². The lowest BCUT2D eigenvalue weighted by Gasteiger charge is -2.15. The first-order valence-corrected chi connectivity index (χ1v) is 7.82. The van der Waals surface area contributed by atoms with Gasteiger partial charge in [0, 0.05) is 10.1 Å². The van der Waals surface area contributed by atoms with Crippen molar-refractivity contribution >= 4 is 46.5 Å². The lowest BCUT2D eigenvalue weighted by molar-refractivity contribution is 1.10. The Bertz CT molecular complexity index is 617. The number of halogens is 2. The number of nitrogens with one attached hydrogen (secondary N) is 1. The molecule has 2 aromatic rings. The van der Waals surface area contributed by atoms with Gasteiger partial charge in [-0.25, -0.2) is 4.98 Å². The summed E-state index contributed by atoms with van der Waals surface area (Å²) in [6.45, 7) is 6.41. The number of nitrogens with zero attached hydrogens (tertiary/aromatic N) is 2. The van der Waals surface area contributed by atoms with Crippen LogP contribution in [0.2, 0.25) is 10.3 Å². The second-order valence-electron chi connectivity index (χ2n) is 4.58. The maximum atomic E-state index is 6.09. The second-order valence-corrected chi connectivity index (χ2v) is 6.91. The Morgan fingerprint density at radius 3 is 2.70 bits per heavy atom. The number of thioether (sulfide) groups is 1. The molecule has 1 aromatic carbocycles. The van der Waals surface area contributed by atoms with E-state index in [0.717, 1.165) is 5.69 Å². The van der Waals surface area contributed by atoms with E-state index in [0.29, 0.717) is 16.1 Å². The molecule has 106 valence electrons. The lowest BCUT2D eigenvalue weighted by atomic mass is 10.2. The average Bonchev–Trinajstić information content (AvgIpc) is 2.37. The van der Waals surface area contributed by atoms with Crippen molar-refractivity contribution in [3.8, 4) is 0 Å². The van der Waals surface area contributed by atoms with Gasteiger partial charge >= 0.3 is 0 Å². The van der Waals surface area contributed by atoms with E-state index < -0.39 is 0 Å². The third-order valence-corrected chi connectivity index (χ3v) is 4.24. The quantitative estimate of drug-likeness (QED) is 0.607. The van der Waals surface area contributed by atoms with Gasteiger partial charge in [0.2, 0.25) is 5.28 Å². The van der Waals surface area contributed by atoms with Crippen molar-refractivity contribution < 1.29 is 0 Å². The molecule has 0 radical (unpaired) electrons. The summed E-state index contributed by atoms with van der Waals surface area (Å²) in [6.07, 6.45) is 1.49. The maximum Gasteiger partial charge on any atom is 0.224 e. The number of hydrogen-bond donors (Lipinski definition) is 1. The highest BCUT2D eigenvalue weighted by molar-refractivity contribution is 8.00. The Hall–Kier alpha value is -0.970. The molecule has 0 bridgehead atoms. The van der Waals surface area contributed by atoms with Crippen LogP contribution in [0.3, 0.4) is 0 Å². The minimum absolute atomic E-state index is 0.169. The number of hydrogen-bond acceptors (Lipinski definition) is 4. The van der Waals surface area contributed by atoms with E-state index >= 15 is 0 Å². The van der Waals surface area contributed by atoms with Crippen molar-refractivity contribution in [2.75, 3.05) is 5.32 Å². The standard InChI is InChI=1S/C14H15Cl2N3S/c1-8(2)20-12-9(3)5-4-6-11(12)18-13-10(15)7-17-14(16)19-13/h4-8H,1-3H3,(H,17,18,19). The molecule has 0 unspecified atom stereocenters. The Labute approximate surface area is 133 Å². The molecule has 0 aliphatic heterocycles. The monoisotopic (exact) mass is 327 g/mol. The molecule has 0 spiro atoms. The van der Waals surface area contributed by atoms with Crippen molar-refractivity contribution in [3.05, 3.63) is 40.3 Å². The maximum absolute atomic E-state index is 6.09. The minimum atomic E-state index is 0.169. The molecule has 1 heterocycles. The zero-order chi connectivity index (χ0) is 14.7. The van der Waals surface area contributed by atoms with Crippen molar-refractivity contribution in [2.24, 2.45) is 0 Å². The van der Waals surface area contributed by atoms with Gasteiger partial charge in [-0.1, -0.05) is 37.6 Å². The van der Waals surface area contributed by atoms with Crippen molar-refractivity contribution in [3.63, 3.8) is 0 Å². The van der Waals surface area contributed by atoms with Gasteiger partial charge in [0.05, 0.1) is 11.9 Å². The number of aromatic nitrogens is 2. The van der Waals surface area contributed by atoms with Crippen molar-refractivity contribution in [1.82, 2.24) is 9.97 Å². The summed E-state index contributed by atoms with van der Waals surface area (Å²) in [5, 5.41) is 4.34. The van der Waals surface area contributed by atoms with Crippen LogP contribution in [0.1, 0.15) is 19.4 Å². The van der Waals surface area contributed by atoms with Gasteiger partial charge in [-0.05, 0) is 30.2 Å². The fourth-order valence-electron chi connectivity index (χ4n) is 1.70. The van der Waals surface area contributed by atoms with E-state index in [9.17, 15) is 0 Å². The summed E-state index contributed by atoms with van der Waals surface area (Å²) in [6, 6.07) is 6.09. The molecule has 2 rings (SSSR count). The van der Waals surface area contributed by atoms with Gasteiger partial charge < -0.3 is 5.32 Å². The number of benzene rings is 1.